The Bertz CT molecular complexity index is 1560. The van der Waals surface area contributed by atoms with Crippen LogP contribution in [0, 0.1) is 0 Å². The Kier molecular flexibility index (Phi) is 8.23. The van der Waals surface area contributed by atoms with E-state index in [-0.39, 0.29) is 18.0 Å². The predicted octanol–water partition coefficient (Wildman–Crippen LogP) is 6.89. The number of fused-ring (bicyclic) bond motifs is 3. The molecular weight excluding hydrogens is 546 g/mol. The van der Waals surface area contributed by atoms with E-state index in [4.69, 9.17) is 9.72 Å². The van der Waals surface area contributed by atoms with E-state index in [1.54, 1.807) is 11.3 Å². The lowest BCUT2D eigenvalue weighted by molar-refractivity contribution is 0.0224. The van der Waals surface area contributed by atoms with Crippen molar-refractivity contribution in [3.05, 3.63) is 59.8 Å². The molecule has 1 N–H and O–H groups in total. The van der Waals surface area contributed by atoms with Crippen molar-refractivity contribution in [3.8, 4) is 11.3 Å². The molecule has 8 nitrogen and oxygen atoms in total. The van der Waals surface area contributed by atoms with Gasteiger partial charge in [-0.15, -0.1) is 0 Å². The van der Waals surface area contributed by atoms with Gasteiger partial charge in [-0.3, -0.25) is 9.20 Å². The predicted molar refractivity (Wildman–Crippen MR) is 168 cm³/mol. The molecule has 2 aromatic carbocycles. The second kappa shape index (κ2) is 12.1. The summed E-state index contributed by atoms with van der Waals surface area (Å²) in [4.78, 5) is 35.7. The summed E-state index contributed by atoms with van der Waals surface area (Å²) in [7, 11) is 0. The van der Waals surface area contributed by atoms with Crippen LogP contribution in [0.25, 0.3) is 26.4 Å². The number of thiazole rings is 1. The number of ether oxygens (including phenoxy) is 1. The number of likely N-dealkylation sites (tertiary alicyclic amines) is 2. The van der Waals surface area contributed by atoms with Crippen molar-refractivity contribution in [1.82, 2.24) is 24.5 Å². The maximum atomic E-state index is 12.8. The van der Waals surface area contributed by atoms with Gasteiger partial charge >= 0.3 is 6.09 Å². The number of hydrogen-bond acceptors (Lipinski definition) is 6. The molecule has 222 valence electrons. The molecule has 2 amide bonds. The van der Waals surface area contributed by atoms with Crippen LogP contribution in [0.1, 0.15) is 81.3 Å². The molecule has 42 heavy (non-hydrogen) atoms. The average Bonchev–Trinajstić information content (AvgIpc) is 3.70. The summed E-state index contributed by atoms with van der Waals surface area (Å²) < 4.78 is 8.79. The zero-order valence-corrected chi connectivity index (χ0v) is 25.7. The van der Waals surface area contributed by atoms with Crippen LogP contribution in [0.2, 0.25) is 0 Å². The van der Waals surface area contributed by atoms with Crippen LogP contribution in [-0.2, 0) is 4.74 Å². The van der Waals surface area contributed by atoms with E-state index in [0.717, 1.165) is 57.8 Å². The largest absolute Gasteiger partial charge is 0.444 e. The van der Waals surface area contributed by atoms with Gasteiger partial charge in [0.15, 0.2) is 4.96 Å². The number of nitrogens with zero attached hydrogens (tertiary/aromatic N) is 4. The van der Waals surface area contributed by atoms with Crippen LogP contribution < -0.4 is 5.32 Å². The third-order valence-corrected chi connectivity index (χ3v) is 9.23. The summed E-state index contributed by atoms with van der Waals surface area (Å²) in [5, 5.41) is 3.09. The second-order valence-corrected chi connectivity index (χ2v) is 13.5. The molecule has 0 aliphatic carbocycles. The fourth-order valence-electron chi connectivity index (χ4n) is 6.10. The van der Waals surface area contributed by atoms with Crippen molar-refractivity contribution in [2.24, 2.45) is 0 Å². The number of piperidine rings is 1. The second-order valence-electron chi connectivity index (χ2n) is 12.5. The molecular formula is C33H41N5O3S. The van der Waals surface area contributed by atoms with Crippen LogP contribution in [0.4, 0.5) is 4.79 Å². The van der Waals surface area contributed by atoms with Gasteiger partial charge in [0.05, 0.1) is 22.0 Å². The molecule has 4 aromatic rings. The summed E-state index contributed by atoms with van der Waals surface area (Å²) >= 11 is 1.59. The van der Waals surface area contributed by atoms with Gasteiger partial charge in [0, 0.05) is 30.4 Å². The molecule has 1 atom stereocenters. The van der Waals surface area contributed by atoms with Crippen molar-refractivity contribution in [2.75, 3.05) is 32.7 Å². The van der Waals surface area contributed by atoms with Crippen LogP contribution in [0.5, 0.6) is 0 Å². The van der Waals surface area contributed by atoms with E-state index in [9.17, 15) is 9.59 Å². The van der Waals surface area contributed by atoms with E-state index in [0.29, 0.717) is 18.7 Å². The Morgan fingerprint density at radius 3 is 2.57 bits per heavy atom. The van der Waals surface area contributed by atoms with Crippen molar-refractivity contribution < 1.29 is 14.3 Å². The number of carbonyl (C=O) groups is 2. The SMILES string of the molecule is CC(C)(C)OC(=O)N1CCCC1c1ccc(-c2cn3c(n2)sc2cc(C(=O)NCCCN4CCCCC4)ccc23)cc1. The van der Waals surface area contributed by atoms with E-state index >= 15 is 0 Å². The van der Waals surface area contributed by atoms with Crippen molar-refractivity contribution in [3.63, 3.8) is 0 Å². The van der Waals surface area contributed by atoms with E-state index < -0.39 is 5.60 Å². The third-order valence-electron chi connectivity index (χ3n) is 8.21. The Hall–Kier alpha value is -3.43. The summed E-state index contributed by atoms with van der Waals surface area (Å²) in [6.45, 7) is 10.5. The van der Waals surface area contributed by atoms with Gasteiger partial charge in [0.25, 0.3) is 5.91 Å². The van der Waals surface area contributed by atoms with E-state index in [2.05, 4.69) is 45.1 Å². The lowest BCUT2D eigenvalue weighted by Crippen LogP contribution is -2.36. The zero-order chi connectivity index (χ0) is 29.3. The van der Waals surface area contributed by atoms with Gasteiger partial charge in [-0.1, -0.05) is 42.0 Å². The van der Waals surface area contributed by atoms with Crippen molar-refractivity contribution in [2.45, 2.75) is 70.9 Å². The first-order valence-electron chi connectivity index (χ1n) is 15.3. The summed E-state index contributed by atoms with van der Waals surface area (Å²) in [5.74, 6) is -0.0186. The number of nitrogens with one attached hydrogen (secondary N) is 1. The molecule has 0 radical (unpaired) electrons. The molecule has 2 aromatic heterocycles. The van der Waals surface area contributed by atoms with Crippen molar-refractivity contribution in [1.29, 1.82) is 0 Å². The highest BCUT2D eigenvalue weighted by Crippen LogP contribution is 2.35. The highest BCUT2D eigenvalue weighted by Gasteiger charge is 2.33. The molecule has 0 saturated carbocycles. The number of benzene rings is 2. The Balaban J connectivity index is 1.10. The fraction of sp³-hybridized carbons (Fsp3) is 0.485. The van der Waals surface area contributed by atoms with Gasteiger partial charge in [-0.25, -0.2) is 9.78 Å². The van der Waals surface area contributed by atoms with Gasteiger partial charge < -0.3 is 19.9 Å². The van der Waals surface area contributed by atoms with Crippen LogP contribution in [0.3, 0.4) is 0 Å². The molecule has 2 aliphatic heterocycles. The van der Waals surface area contributed by atoms with Crippen LogP contribution in [0.15, 0.2) is 48.7 Å². The minimum Gasteiger partial charge on any atom is -0.444 e. The number of amides is 2. The first-order chi connectivity index (χ1) is 20.2. The van der Waals surface area contributed by atoms with E-state index in [1.165, 1.54) is 32.4 Å². The Morgan fingerprint density at radius 1 is 1.02 bits per heavy atom. The summed E-state index contributed by atoms with van der Waals surface area (Å²) in [5.41, 5.74) is 4.28. The molecule has 0 spiro atoms. The van der Waals surface area contributed by atoms with Crippen molar-refractivity contribution >= 4 is 38.5 Å². The number of carbonyl (C=O) groups excluding carboxylic acids is 2. The van der Waals surface area contributed by atoms with Crippen LogP contribution >= 0.6 is 11.3 Å². The number of aromatic nitrogens is 2. The Labute approximate surface area is 251 Å². The summed E-state index contributed by atoms with van der Waals surface area (Å²) in [6.07, 6.45) is 8.63. The number of imidazole rings is 1. The Morgan fingerprint density at radius 2 is 1.81 bits per heavy atom. The third kappa shape index (κ3) is 6.32. The first kappa shape index (κ1) is 28.7. The highest BCUT2D eigenvalue weighted by atomic mass is 32.1. The van der Waals surface area contributed by atoms with Crippen LogP contribution in [-0.4, -0.2) is 69.5 Å². The highest BCUT2D eigenvalue weighted by molar-refractivity contribution is 7.23. The maximum Gasteiger partial charge on any atom is 0.410 e. The minimum atomic E-state index is -0.507. The quantitative estimate of drug-likeness (QED) is 0.238. The molecule has 2 fully saturated rings. The normalized spacial score (nSPS) is 18.2. The van der Waals surface area contributed by atoms with Gasteiger partial charge in [-0.05, 0) is 96.3 Å². The topological polar surface area (TPSA) is 79.2 Å². The van der Waals surface area contributed by atoms with Gasteiger partial charge in [0.1, 0.15) is 5.60 Å². The monoisotopic (exact) mass is 587 g/mol. The van der Waals surface area contributed by atoms with Gasteiger partial charge in [-0.2, -0.15) is 0 Å². The van der Waals surface area contributed by atoms with Gasteiger partial charge in [0.2, 0.25) is 0 Å². The smallest absolute Gasteiger partial charge is 0.410 e. The fourth-order valence-corrected chi connectivity index (χ4v) is 7.15. The standard InChI is InChI=1S/C33H41N5O3S/c1-33(2,3)41-32(40)37-20-7-9-27(37)24-12-10-23(11-13-24)26-22-38-28-15-14-25(21-29(28)42-31(38)35-26)30(39)34-16-8-19-36-17-5-4-6-18-36/h10-15,21-22,27H,4-9,16-20H2,1-3H3,(H,34,39). The van der Waals surface area contributed by atoms with E-state index in [1.807, 2.05) is 43.9 Å². The molecule has 4 heterocycles. The lowest BCUT2D eigenvalue weighted by Gasteiger charge is -2.28. The molecule has 0 bridgehead atoms. The molecule has 2 aliphatic rings. The number of hydrogen-bond donors (Lipinski definition) is 1. The molecule has 6 rings (SSSR count). The molecule has 2 saturated heterocycles. The molecule has 9 heteroatoms. The number of rotatable bonds is 7. The molecule has 1 unspecified atom stereocenters. The first-order valence-corrected chi connectivity index (χ1v) is 16.1. The average molecular weight is 588 g/mol. The lowest BCUT2D eigenvalue weighted by atomic mass is 10.0. The zero-order valence-electron chi connectivity index (χ0n) is 24.9. The maximum absolute atomic E-state index is 12.8. The summed E-state index contributed by atoms with van der Waals surface area (Å²) in [6, 6.07) is 14.3. The minimum absolute atomic E-state index is 0.0186.